The summed E-state index contributed by atoms with van der Waals surface area (Å²) in [4.78, 5) is 0. The number of hydrogen-bond donors (Lipinski definition) is 0. The van der Waals surface area contributed by atoms with Gasteiger partial charge in [-0.15, -0.1) is 0 Å². The van der Waals surface area contributed by atoms with E-state index in [9.17, 15) is 0 Å². The molecule has 0 amide bonds. The normalized spacial score (nSPS) is 0. The molecule has 0 atom stereocenters. The molecule has 0 unspecified atom stereocenters. The Morgan fingerprint density at radius 1 is 0.308 bits per heavy atom. The third kappa shape index (κ3) is 183. The molecule has 13 heavy (non-hydrogen) atoms. The molecule has 0 aliphatic heterocycles. The van der Waals surface area contributed by atoms with E-state index in [1.54, 1.807) is 0 Å². The van der Waals surface area contributed by atoms with E-state index in [1.807, 2.05) is 0 Å². The van der Waals surface area contributed by atoms with Gasteiger partial charge in [-0.3, -0.25) is 0 Å². The summed E-state index contributed by atoms with van der Waals surface area (Å²) in [6.07, 6.45) is 0. The summed E-state index contributed by atoms with van der Waals surface area (Å²) in [6, 6.07) is 0. The smallest absolute Gasteiger partial charge is 2.00 e. The summed E-state index contributed by atoms with van der Waals surface area (Å²) in [5, 5.41) is 0. The van der Waals surface area contributed by atoms with Gasteiger partial charge in [0.1, 0.15) is 0 Å². The summed E-state index contributed by atoms with van der Waals surface area (Å²) in [6.45, 7) is 0. The second-order valence-corrected chi connectivity index (χ2v) is 0. The number of rotatable bonds is 0. The molecule has 0 aromatic heterocycles. The Bertz CT molecular complexity index is 22.5. The van der Waals surface area contributed by atoms with Crippen LogP contribution in [-0.4, -0.2) is 137 Å². The quantitative estimate of drug-likeness (QED) is 0.249. The van der Waals surface area contributed by atoms with Crippen molar-refractivity contribution in [3.8, 4) is 0 Å². The Kier molecular flexibility index (Phi) is 4050. The molecular formula is H2In2Li2O7Sn2. The average molecular weight is 595 g/mol. The van der Waals surface area contributed by atoms with Crippen LogP contribution in [0.3, 0.4) is 0 Å². The summed E-state index contributed by atoms with van der Waals surface area (Å²) < 4.78 is 0. The minimum Gasteiger partial charge on any atom is -2.00 e. The zero-order valence-electron chi connectivity index (χ0n) is 5.01. The molecular weight excluding hydrogens is 593 g/mol. The summed E-state index contributed by atoms with van der Waals surface area (Å²) >= 11 is 0. The summed E-state index contributed by atoms with van der Waals surface area (Å²) in [7, 11) is 0. The van der Waals surface area contributed by atoms with Gasteiger partial charge < -0.3 is 38.3 Å². The summed E-state index contributed by atoms with van der Waals surface area (Å²) in [5.74, 6) is 0. The number of hydrogen-bond acceptors (Lipinski definition) is 0. The molecule has 0 aliphatic rings. The van der Waals surface area contributed by atoms with Gasteiger partial charge in [0.2, 0.25) is 0 Å². The van der Waals surface area contributed by atoms with Gasteiger partial charge in [0.15, 0.2) is 0 Å². The fourth-order valence-corrected chi connectivity index (χ4v) is 0. The minimum atomic E-state index is 0. The van der Waals surface area contributed by atoms with Gasteiger partial charge in [-0.1, -0.05) is 0 Å². The topological polar surface area (TPSA) is 200 Å². The molecule has 0 radical (unpaired) electrons. The molecule has 0 saturated carbocycles. The Labute approximate surface area is 172 Å². The molecule has 0 saturated heterocycles. The first-order valence-corrected chi connectivity index (χ1v) is 0. The Hall–Kier alpha value is 4.25. The van der Waals surface area contributed by atoms with Gasteiger partial charge in [0, 0.05) is 0 Å². The first kappa shape index (κ1) is 252. The van der Waals surface area contributed by atoms with Gasteiger partial charge in [-0.05, 0) is 0 Å². The van der Waals surface area contributed by atoms with Crippen LogP contribution < -0.4 is 0 Å². The molecule has 13 heteroatoms. The fourth-order valence-electron chi connectivity index (χ4n) is 0. The van der Waals surface area contributed by atoms with Gasteiger partial charge in [0.05, 0.1) is 0 Å². The monoisotopic (exact) mass is 598 g/mol. The fraction of sp³-hybridized carbons (Fsp3) is 0. The molecule has 60 valence electrons. The third-order valence-electron chi connectivity index (χ3n) is 0. The van der Waals surface area contributed by atoms with E-state index in [0.29, 0.717) is 0 Å². The zero-order valence-corrected chi connectivity index (χ0v) is 17.3. The van der Waals surface area contributed by atoms with Crippen LogP contribution in [0.5, 0.6) is 0 Å². The van der Waals surface area contributed by atoms with E-state index in [0.717, 1.165) is 0 Å². The SMILES string of the molecule is [In+3].[In+3].[LiH].[LiH].[O-2].[O-2].[O-2].[O-2].[O-2].[O-2].[O-2].[Sn+4].[Sn+4]. The van der Waals surface area contributed by atoms with Crippen molar-refractivity contribution in [3.63, 3.8) is 0 Å². The van der Waals surface area contributed by atoms with Crippen LogP contribution in [0.2, 0.25) is 0 Å². The van der Waals surface area contributed by atoms with Crippen LogP contribution in [0.25, 0.3) is 0 Å². The van der Waals surface area contributed by atoms with Crippen molar-refractivity contribution in [2.75, 3.05) is 0 Å². The first-order valence-electron chi connectivity index (χ1n) is 0. The van der Waals surface area contributed by atoms with E-state index < -0.39 is 0 Å². The standard InChI is InChI=1S/2In.2Li.7O.2Sn.2H/q2*+3;;;7*-2;2*+4;;. The summed E-state index contributed by atoms with van der Waals surface area (Å²) in [5.41, 5.74) is 0. The Morgan fingerprint density at radius 2 is 0.308 bits per heavy atom. The maximum absolute atomic E-state index is 0. The van der Waals surface area contributed by atoms with Crippen molar-refractivity contribution in [3.05, 3.63) is 0 Å². The van der Waals surface area contributed by atoms with Crippen molar-refractivity contribution in [1.82, 2.24) is 0 Å². The predicted molar refractivity (Wildman–Crippen MR) is 42.1 cm³/mol. The predicted octanol–water partition coefficient (Wildman–Crippen LogP) is -3.65. The molecule has 0 aliphatic carbocycles. The second kappa shape index (κ2) is 209. The molecule has 0 fully saturated rings. The Balaban J connectivity index is 0. The van der Waals surface area contributed by atoms with Crippen LogP contribution in [0.4, 0.5) is 0 Å². The van der Waals surface area contributed by atoms with E-state index in [4.69, 9.17) is 0 Å². The largest absolute Gasteiger partial charge is 4.00 e. The maximum Gasteiger partial charge on any atom is 4.00 e. The minimum absolute atomic E-state index is 0. The average Bonchev–Trinajstić information content (AvgIpc) is 0. The third-order valence-corrected chi connectivity index (χ3v) is 0. The van der Waals surface area contributed by atoms with E-state index in [-0.39, 0.29) is 176 Å². The van der Waals surface area contributed by atoms with E-state index in [2.05, 4.69) is 0 Å². The van der Waals surface area contributed by atoms with Gasteiger partial charge >= 0.3 is 137 Å². The molecule has 0 aromatic carbocycles. The van der Waals surface area contributed by atoms with Crippen molar-refractivity contribution >= 4 is 137 Å². The van der Waals surface area contributed by atoms with Gasteiger partial charge in [0.25, 0.3) is 0 Å². The van der Waals surface area contributed by atoms with Crippen molar-refractivity contribution in [2.45, 2.75) is 0 Å². The van der Waals surface area contributed by atoms with Crippen LogP contribution >= 0.6 is 0 Å². The first-order chi connectivity index (χ1) is 0. The van der Waals surface area contributed by atoms with E-state index >= 15 is 0 Å². The van der Waals surface area contributed by atoms with Crippen LogP contribution in [-0.2, 0) is 38.3 Å². The zero-order chi connectivity index (χ0) is 0. The van der Waals surface area contributed by atoms with Crippen molar-refractivity contribution in [1.29, 1.82) is 0 Å². The van der Waals surface area contributed by atoms with E-state index in [1.165, 1.54) is 0 Å². The molecule has 0 spiro atoms. The molecule has 0 heterocycles. The maximum atomic E-state index is 0. The molecule has 0 N–H and O–H groups in total. The molecule has 0 bridgehead atoms. The molecule has 7 nitrogen and oxygen atoms in total. The Morgan fingerprint density at radius 3 is 0.308 bits per heavy atom. The van der Waals surface area contributed by atoms with Crippen molar-refractivity contribution < 1.29 is 38.3 Å². The van der Waals surface area contributed by atoms with Gasteiger partial charge in [-0.2, -0.15) is 0 Å². The molecule has 0 rings (SSSR count). The molecule has 0 aromatic rings. The van der Waals surface area contributed by atoms with Crippen LogP contribution in [0, 0.1) is 0 Å². The second-order valence-electron chi connectivity index (χ2n) is 0. The van der Waals surface area contributed by atoms with Crippen molar-refractivity contribution in [2.24, 2.45) is 0 Å². The van der Waals surface area contributed by atoms with Crippen LogP contribution in [0.15, 0.2) is 0 Å². The van der Waals surface area contributed by atoms with Gasteiger partial charge in [-0.25, -0.2) is 0 Å². The van der Waals surface area contributed by atoms with Crippen LogP contribution in [0.1, 0.15) is 0 Å².